The van der Waals surface area contributed by atoms with Crippen LogP contribution in [0.4, 0.5) is 31.1 Å². The molecule has 3 aromatic carbocycles. The number of hydrogen-bond donors (Lipinski definition) is 1. The molecular weight excluding hydrogens is 628 g/mol. The monoisotopic (exact) mass is 663 g/mol. The van der Waals surface area contributed by atoms with Crippen LogP contribution in [0.3, 0.4) is 0 Å². The summed E-state index contributed by atoms with van der Waals surface area (Å²) < 4.78 is 85.6. The maximum absolute atomic E-state index is 13.8. The van der Waals surface area contributed by atoms with Gasteiger partial charge in [0, 0.05) is 26.2 Å². The van der Waals surface area contributed by atoms with Crippen LogP contribution in [0.15, 0.2) is 78.9 Å². The standard InChI is InChI=1S/C34H35F6N3O4/c1-23-31(45)42(20-25-11-6-3-7-12-25)16-15-41-30(44)27(14-8-13-24-9-4-2-5-10-24)21-43(23)32(46)47-22-26-17-28(33(35,36)37)19-29(18-26)34(38,39)40/h2-7,9-12,17-19,23,27H,8,13-16,20-22H2,1H3,(H,41,44). The van der Waals surface area contributed by atoms with Crippen molar-refractivity contribution in [3.63, 3.8) is 0 Å². The number of benzene rings is 3. The molecule has 0 spiro atoms. The molecule has 47 heavy (non-hydrogen) atoms. The summed E-state index contributed by atoms with van der Waals surface area (Å²) in [5.74, 6) is -1.60. The van der Waals surface area contributed by atoms with Crippen LogP contribution in [0.2, 0.25) is 0 Å². The number of halogens is 6. The fourth-order valence-corrected chi connectivity index (χ4v) is 5.39. The molecule has 0 aromatic heterocycles. The number of nitrogens with zero attached hydrogens (tertiary/aromatic N) is 2. The number of carbonyl (C=O) groups is 3. The average Bonchev–Trinajstić information content (AvgIpc) is 3.03. The fraction of sp³-hybridized carbons (Fsp3) is 0.382. The second kappa shape index (κ2) is 15.4. The van der Waals surface area contributed by atoms with Gasteiger partial charge in [-0.2, -0.15) is 26.3 Å². The zero-order valence-electron chi connectivity index (χ0n) is 25.6. The summed E-state index contributed by atoms with van der Waals surface area (Å²) in [6.07, 6.45) is -9.77. The molecule has 0 bridgehead atoms. The average molecular weight is 664 g/mol. The van der Waals surface area contributed by atoms with Crippen molar-refractivity contribution in [1.29, 1.82) is 0 Å². The van der Waals surface area contributed by atoms with E-state index in [0.29, 0.717) is 31.4 Å². The Morgan fingerprint density at radius 2 is 1.43 bits per heavy atom. The number of amides is 3. The maximum Gasteiger partial charge on any atom is 0.416 e. The Balaban J connectivity index is 1.58. The molecule has 4 rings (SSSR count). The first-order valence-corrected chi connectivity index (χ1v) is 15.1. The third-order valence-corrected chi connectivity index (χ3v) is 7.93. The topological polar surface area (TPSA) is 79.0 Å². The van der Waals surface area contributed by atoms with E-state index < -0.39 is 59.6 Å². The number of hydrogen-bond acceptors (Lipinski definition) is 4. The van der Waals surface area contributed by atoms with Crippen molar-refractivity contribution in [3.05, 3.63) is 107 Å². The van der Waals surface area contributed by atoms with Crippen molar-refractivity contribution >= 4 is 17.9 Å². The Kier molecular flexibility index (Phi) is 11.5. The highest BCUT2D eigenvalue weighted by Crippen LogP contribution is 2.36. The van der Waals surface area contributed by atoms with Gasteiger partial charge in [0.1, 0.15) is 12.6 Å². The minimum atomic E-state index is -5.08. The number of rotatable bonds is 8. The third kappa shape index (κ3) is 9.97. The van der Waals surface area contributed by atoms with Gasteiger partial charge in [0.2, 0.25) is 11.8 Å². The molecule has 0 radical (unpaired) electrons. The Bertz CT molecular complexity index is 1480. The summed E-state index contributed by atoms with van der Waals surface area (Å²) in [4.78, 5) is 43.1. The molecule has 1 N–H and O–H groups in total. The predicted molar refractivity (Wildman–Crippen MR) is 161 cm³/mol. The lowest BCUT2D eigenvalue weighted by molar-refractivity contribution is -0.143. The highest BCUT2D eigenvalue weighted by molar-refractivity contribution is 5.86. The van der Waals surface area contributed by atoms with E-state index in [1.54, 1.807) is 12.1 Å². The van der Waals surface area contributed by atoms with Crippen LogP contribution in [0.5, 0.6) is 0 Å². The van der Waals surface area contributed by atoms with Crippen LogP contribution in [-0.2, 0) is 46.3 Å². The molecule has 1 saturated heterocycles. The van der Waals surface area contributed by atoms with Gasteiger partial charge in [-0.3, -0.25) is 14.5 Å². The molecule has 0 saturated carbocycles. The second-order valence-corrected chi connectivity index (χ2v) is 11.4. The van der Waals surface area contributed by atoms with Gasteiger partial charge in [-0.05, 0) is 61.1 Å². The van der Waals surface area contributed by atoms with Gasteiger partial charge in [0.15, 0.2) is 0 Å². The summed E-state index contributed by atoms with van der Waals surface area (Å²) >= 11 is 0. The van der Waals surface area contributed by atoms with Gasteiger partial charge in [-0.15, -0.1) is 0 Å². The minimum absolute atomic E-state index is 0.0170. The Hall–Kier alpha value is -4.55. The molecular formula is C34H35F6N3O4. The number of alkyl halides is 6. The lowest BCUT2D eigenvalue weighted by Crippen LogP contribution is -2.55. The minimum Gasteiger partial charge on any atom is -0.445 e. The molecule has 3 aromatic rings. The third-order valence-electron chi connectivity index (χ3n) is 7.93. The normalized spacial score (nSPS) is 18.1. The Labute approximate surface area is 268 Å². The van der Waals surface area contributed by atoms with Gasteiger partial charge < -0.3 is 15.0 Å². The quantitative estimate of drug-likeness (QED) is 0.268. The molecule has 2 unspecified atom stereocenters. The first-order valence-electron chi connectivity index (χ1n) is 15.1. The van der Waals surface area contributed by atoms with Gasteiger partial charge in [-0.25, -0.2) is 4.79 Å². The maximum atomic E-state index is 13.8. The van der Waals surface area contributed by atoms with E-state index in [0.717, 1.165) is 16.0 Å². The molecule has 0 aliphatic carbocycles. The first-order chi connectivity index (χ1) is 22.2. The van der Waals surface area contributed by atoms with E-state index in [-0.39, 0.29) is 38.2 Å². The summed E-state index contributed by atoms with van der Waals surface area (Å²) in [5, 5.41) is 2.84. The van der Waals surface area contributed by atoms with Crippen LogP contribution >= 0.6 is 0 Å². The van der Waals surface area contributed by atoms with Crippen LogP contribution < -0.4 is 5.32 Å². The van der Waals surface area contributed by atoms with Crippen molar-refractivity contribution in [2.24, 2.45) is 5.92 Å². The highest BCUT2D eigenvalue weighted by Gasteiger charge is 2.38. The van der Waals surface area contributed by atoms with Gasteiger partial charge in [0.25, 0.3) is 0 Å². The predicted octanol–water partition coefficient (Wildman–Crippen LogP) is 6.85. The van der Waals surface area contributed by atoms with Gasteiger partial charge in [0.05, 0.1) is 17.0 Å². The molecule has 3 amide bonds. The molecule has 1 fully saturated rings. The van der Waals surface area contributed by atoms with Crippen molar-refractivity contribution in [2.45, 2.75) is 57.7 Å². The van der Waals surface area contributed by atoms with E-state index in [9.17, 15) is 40.7 Å². The van der Waals surface area contributed by atoms with Crippen LogP contribution in [-0.4, -0.2) is 53.4 Å². The van der Waals surface area contributed by atoms with Crippen LogP contribution in [0.1, 0.15) is 47.6 Å². The van der Waals surface area contributed by atoms with Gasteiger partial charge >= 0.3 is 18.4 Å². The summed E-state index contributed by atoms with van der Waals surface area (Å²) in [6, 6.07) is 18.3. The van der Waals surface area contributed by atoms with E-state index in [4.69, 9.17) is 4.74 Å². The van der Waals surface area contributed by atoms with E-state index in [1.807, 2.05) is 48.5 Å². The van der Waals surface area contributed by atoms with E-state index >= 15 is 0 Å². The Morgan fingerprint density at radius 1 is 0.851 bits per heavy atom. The molecule has 7 nitrogen and oxygen atoms in total. The molecule has 252 valence electrons. The molecule has 1 aliphatic heterocycles. The zero-order valence-corrected chi connectivity index (χ0v) is 25.6. The molecule has 13 heteroatoms. The van der Waals surface area contributed by atoms with E-state index in [1.165, 1.54) is 11.8 Å². The van der Waals surface area contributed by atoms with Crippen LogP contribution in [0.25, 0.3) is 0 Å². The number of nitrogens with one attached hydrogen (secondary N) is 1. The van der Waals surface area contributed by atoms with E-state index in [2.05, 4.69) is 5.32 Å². The summed E-state index contributed by atoms with van der Waals surface area (Å²) in [5.41, 5.74) is -1.79. The molecule has 1 heterocycles. The Morgan fingerprint density at radius 3 is 2.00 bits per heavy atom. The number of aryl methyl sites for hydroxylation is 1. The van der Waals surface area contributed by atoms with Crippen molar-refractivity contribution in [2.75, 3.05) is 19.6 Å². The number of carbonyl (C=O) groups excluding carboxylic acids is 3. The summed E-state index contributed by atoms with van der Waals surface area (Å²) in [6.45, 7) is 0.736. The lowest BCUT2D eigenvalue weighted by Gasteiger charge is -2.35. The first kappa shape index (κ1) is 35.3. The van der Waals surface area contributed by atoms with Crippen LogP contribution in [0, 0.1) is 5.92 Å². The lowest BCUT2D eigenvalue weighted by atomic mass is 9.97. The van der Waals surface area contributed by atoms with Gasteiger partial charge in [-0.1, -0.05) is 60.7 Å². The molecule has 1 aliphatic rings. The highest BCUT2D eigenvalue weighted by atomic mass is 19.4. The summed E-state index contributed by atoms with van der Waals surface area (Å²) in [7, 11) is 0. The number of ether oxygens (including phenoxy) is 1. The van der Waals surface area contributed by atoms with Crippen molar-refractivity contribution in [3.8, 4) is 0 Å². The van der Waals surface area contributed by atoms with Crippen molar-refractivity contribution in [1.82, 2.24) is 15.1 Å². The largest absolute Gasteiger partial charge is 0.445 e. The fourth-order valence-electron chi connectivity index (χ4n) is 5.39. The second-order valence-electron chi connectivity index (χ2n) is 11.4. The zero-order chi connectivity index (χ0) is 34.2. The smallest absolute Gasteiger partial charge is 0.416 e. The molecule has 2 atom stereocenters. The van der Waals surface area contributed by atoms with Crippen molar-refractivity contribution < 1.29 is 45.5 Å². The SMILES string of the molecule is CC1C(=O)N(Cc2ccccc2)CCNC(=O)C(CCCc2ccccc2)CN1C(=O)OCc1cc(C(F)(F)F)cc(C(F)(F)F)c1.